The largest absolute Gasteiger partial charge is 0.355 e. The minimum absolute atomic E-state index is 0.0579. The Morgan fingerprint density at radius 3 is 2.78 bits per heavy atom. The van der Waals surface area contributed by atoms with E-state index in [0.717, 1.165) is 0 Å². The van der Waals surface area contributed by atoms with E-state index in [0.29, 0.717) is 30.9 Å². The monoisotopic (exact) mass is 320 g/mol. The number of anilines is 1. The molecule has 0 aromatic carbocycles. The molecule has 0 aliphatic carbocycles. The molecule has 3 rings (SSSR count). The first-order chi connectivity index (χ1) is 11.0. The highest BCUT2D eigenvalue weighted by Crippen LogP contribution is 2.30. The Morgan fingerprint density at radius 1 is 1.35 bits per heavy atom. The molecule has 1 aromatic rings. The maximum atomic E-state index is 13.2. The topological polar surface area (TPSA) is 60.2 Å². The molecule has 5 nitrogen and oxygen atoms in total. The Bertz CT molecular complexity index is 633. The summed E-state index contributed by atoms with van der Waals surface area (Å²) in [6.07, 6.45) is 1.77. The van der Waals surface area contributed by atoms with Gasteiger partial charge in [-0.05, 0) is 18.6 Å². The van der Waals surface area contributed by atoms with Crippen LogP contribution in [0.4, 0.5) is 14.6 Å². The maximum Gasteiger partial charge on any atom is 0.251 e. The predicted molar refractivity (Wildman–Crippen MR) is 80.0 cm³/mol. The van der Waals surface area contributed by atoms with Crippen LogP contribution in [0.25, 0.3) is 0 Å². The van der Waals surface area contributed by atoms with E-state index in [1.54, 1.807) is 23.2 Å². The van der Waals surface area contributed by atoms with Gasteiger partial charge in [0.25, 0.3) is 5.92 Å². The van der Waals surface area contributed by atoms with Gasteiger partial charge in [0.05, 0.1) is 11.5 Å². The number of carbonyl (C=O) groups is 1. The van der Waals surface area contributed by atoms with Crippen LogP contribution in [0.2, 0.25) is 0 Å². The fraction of sp³-hybridized carbons (Fsp3) is 0.562. The lowest BCUT2D eigenvalue weighted by atomic mass is 10.0. The molecular formula is C16H18F2N4O. The third kappa shape index (κ3) is 3.26. The average Bonchev–Trinajstić information content (AvgIpc) is 3.04. The number of nitriles is 1. The van der Waals surface area contributed by atoms with Crippen LogP contribution in [-0.4, -0.2) is 47.9 Å². The number of hydrogen-bond donors (Lipinski definition) is 0. The van der Waals surface area contributed by atoms with Crippen LogP contribution in [0.5, 0.6) is 0 Å². The summed E-state index contributed by atoms with van der Waals surface area (Å²) in [7, 11) is 0. The Labute approximate surface area is 133 Å². The second kappa shape index (κ2) is 6.11. The van der Waals surface area contributed by atoms with E-state index in [1.807, 2.05) is 4.90 Å². The Kier molecular flexibility index (Phi) is 4.16. The minimum Gasteiger partial charge on any atom is -0.355 e. The van der Waals surface area contributed by atoms with E-state index in [4.69, 9.17) is 5.26 Å². The van der Waals surface area contributed by atoms with Crippen LogP contribution in [0.15, 0.2) is 18.3 Å². The lowest BCUT2D eigenvalue weighted by Crippen LogP contribution is -2.45. The van der Waals surface area contributed by atoms with Gasteiger partial charge in [0.15, 0.2) is 0 Å². The highest BCUT2D eigenvalue weighted by molar-refractivity contribution is 5.80. The van der Waals surface area contributed by atoms with Gasteiger partial charge in [0.2, 0.25) is 5.91 Å². The van der Waals surface area contributed by atoms with Crippen molar-refractivity contribution in [1.82, 2.24) is 9.88 Å². The first-order valence-corrected chi connectivity index (χ1v) is 7.77. The van der Waals surface area contributed by atoms with Gasteiger partial charge in [-0.15, -0.1) is 0 Å². The summed E-state index contributed by atoms with van der Waals surface area (Å²) in [6, 6.07) is 5.51. The molecule has 0 saturated carbocycles. The predicted octanol–water partition coefficient (Wildman–Crippen LogP) is 2.04. The quantitative estimate of drug-likeness (QED) is 0.837. The van der Waals surface area contributed by atoms with E-state index in [2.05, 4.69) is 11.1 Å². The summed E-state index contributed by atoms with van der Waals surface area (Å²) in [5.74, 6) is -2.32. The van der Waals surface area contributed by atoms with Gasteiger partial charge in [-0.25, -0.2) is 13.8 Å². The SMILES string of the molecule is N#Cc1cccnc1N1CCC(C(=O)N2CCC(F)(F)CC2)C1. The van der Waals surface area contributed by atoms with Crippen molar-refractivity contribution >= 4 is 11.7 Å². The molecule has 2 aliphatic heterocycles. The Morgan fingerprint density at radius 2 is 2.09 bits per heavy atom. The zero-order valence-electron chi connectivity index (χ0n) is 12.7. The zero-order valence-corrected chi connectivity index (χ0v) is 12.7. The molecule has 0 spiro atoms. The van der Waals surface area contributed by atoms with Crippen molar-refractivity contribution < 1.29 is 13.6 Å². The van der Waals surface area contributed by atoms with Crippen LogP contribution >= 0.6 is 0 Å². The van der Waals surface area contributed by atoms with Crippen LogP contribution in [-0.2, 0) is 4.79 Å². The van der Waals surface area contributed by atoms with Crippen LogP contribution < -0.4 is 4.90 Å². The molecule has 1 atom stereocenters. The number of nitrogens with zero attached hydrogens (tertiary/aromatic N) is 4. The van der Waals surface area contributed by atoms with Crippen molar-refractivity contribution in [3.8, 4) is 6.07 Å². The molecule has 0 bridgehead atoms. The van der Waals surface area contributed by atoms with Gasteiger partial charge >= 0.3 is 0 Å². The first-order valence-electron chi connectivity index (χ1n) is 7.77. The van der Waals surface area contributed by atoms with Crippen LogP contribution in [0, 0.1) is 17.2 Å². The molecule has 1 aromatic heterocycles. The van der Waals surface area contributed by atoms with Gasteiger partial charge in [-0.1, -0.05) is 0 Å². The summed E-state index contributed by atoms with van der Waals surface area (Å²) < 4.78 is 26.4. The fourth-order valence-electron chi connectivity index (χ4n) is 3.20. The lowest BCUT2D eigenvalue weighted by molar-refractivity contribution is -0.140. The fourth-order valence-corrected chi connectivity index (χ4v) is 3.20. The molecule has 2 saturated heterocycles. The molecule has 2 fully saturated rings. The minimum atomic E-state index is -2.64. The summed E-state index contributed by atoms with van der Waals surface area (Å²) in [4.78, 5) is 20.2. The van der Waals surface area contributed by atoms with Crippen molar-refractivity contribution in [1.29, 1.82) is 5.26 Å². The lowest BCUT2D eigenvalue weighted by Gasteiger charge is -2.33. The molecule has 2 aliphatic rings. The average molecular weight is 320 g/mol. The van der Waals surface area contributed by atoms with Crippen molar-refractivity contribution in [3.63, 3.8) is 0 Å². The van der Waals surface area contributed by atoms with Gasteiger partial charge < -0.3 is 9.80 Å². The second-order valence-corrected chi connectivity index (χ2v) is 6.10. The summed E-state index contributed by atoms with van der Waals surface area (Å²) >= 11 is 0. The molecule has 23 heavy (non-hydrogen) atoms. The highest BCUT2D eigenvalue weighted by Gasteiger charge is 2.39. The third-order valence-corrected chi connectivity index (χ3v) is 4.55. The number of alkyl halides is 2. The molecule has 7 heteroatoms. The smallest absolute Gasteiger partial charge is 0.251 e. The van der Waals surface area contributed by atoms with Crippen molar-refractivity contribution in [3.05, 3.63) is 23.9 Å². The normalized spacial score (nSPS) is 23.6. The zero-order chi connectivity index (χ0) is 16.4. The molecule has 0 radical (unpaired) electrons. The summed E-state index contributed by atoms with van der Waals surface area (Å²) in [5.41, 5.74) is 0.484. The number of piperidine rings is 1. The van der Waals surface area contributed by atoms with E-state index >= 15 is 0 Å². The maximum absolute atomic E-state index is 13.2. The number of amides is 1. The third-order valence-electron chi connectivity index (χ3n) is 4.55. The van der Waals surface area contributed by atoms with Gasteiger partial charge in [-0.2, -0.15) is 5.26 Å². The number of halogens is 2. The number of aromatic nitrogens is 1. The van der Waals surface area contributed by atoms with E-state index < -0.39 is 5.92 Å². The van der Waals surface area contributed by atoms with E-state index in [9.17, 15) is 13.6 Å². The van der Waals surface area contributed by atoms with Crippen LogP contribution in [0.3, 0.4) is 0 Å². The number of hydrogen-bond acceptors (Lipinski definition) is 4. The Balaban J connectivity index is 1.64. The number of pyridine rings is 1. The van der Waals surface area contributed by atoms with E-state index in [1.165, 1.54) is 0 Å². The van der Waals surface area contributed by atoms with Crippen molar-refractivity contribution in [2.75, 3.05) is 31.1 Å². The van der Waals surface area contributed by atoms with E-state index in [-0.39, 0.29) is 37.8 Å². The van der Waals surface area contributed by atoms with Gasteiger partial charge in [0, 0.05) is 45.2 Å². The van der Waals surface area contributed by atoms with Gasteiger partial charge in [0.1, 0.15) is 11.9 Å². The molecule has 3 heterocycles. The van der Waals surface area contributed by atoms with Crippen molar-refractivity contribution in [2.24, 2.45) is 5.92 Å². The standard InChI is InChI=1S/C16H18F2N4O/c17-16(18)4-8-21(9-5-16)15(23)13-3-7-22(11-13)14-12(10-19)2-1-6-20-14/h1-2,6,13H,3-5,7-9,11H2. The second-order valence-electron chi connectivity index (χ2n) is 6.10. The molecule has 122 valence electrons. The van der Waals surface area contributed by atoms with Crippen molar-refractivity contribution in [2.45, 2.75) is 25.2 Å². The Hall–Kier alpha value is -2.23. The number of likely N-dealkylation sites (tertiary alicyclic amines) is 1. The van der Waals surface area contributed by atoms with Crippen LogP contribution in [0.1, 0.15) is 24.8 Å². The molecule has 1 amide bonds. The van der Waals surface area contributed by atoms with Gasteiger partial charge in [-0.3, -0.25) is 4.79 Å². The summed E-state index contributed by atoms with van der Waals surface area (Å²) in [6.45, 7) is 1.37. The molecular weight excluding hydrogens is 302 g/mol. The number of rotatable bonds is 2. The molecule has 0 N–H and O–H groups in total. The highest BCUT2D eigenvalue weighted by atomic mass is 19.3. The summed E-state index contributed by atoms with van der Waals surface area (Å²) in [5, 5.41) is 9.14. The number of carbonyl (C=O) groups excluding carboxylic acids is 1. The molecule has 1 unspecified atom stereocenters. The first kappa shape index (κ1) is 15.7.